The number of carbonyl (C=O) groups excluding carboxylic acids is 3. The molecule has 3 rings (SSSR count). The normalized spacial score (nSPS) is 35.7. The van der Waals surface area contributed by atoms with Crippen LogP contribution in [0.5, 0.6) is 0 Å². The molecule has 0 aliphatic carbocycles. The molecule has 3 heterocycles. The Bertz CT molecular complexity index is 1440. The zero-order valence-electron chi connectivity index (χ0n) is 30.0. The minimum Gasteiger partial charge on any atom is -0.459 e. The van der Waals surface area contributed by atoms with Crippen molar-refractivity contribution >= 4 is 34.9 Å². The molecular weight excluding hydrogens is 612 g/mol. The molecule has 2 aliphatic heterocycles. The number of hydrogen-bond acceptors (Lipinski definition) is 10. The van der Waals surface area contributed by atoms with Crippen LogP contribution >= 0.6 is 0 Å². The summed E-state index contributed by atoms with van der Waals surface area (Å²) in [5, 5.41) is 16.7. The second kappa shape index (κ2) is 16.7. The van der Waals surface area contributed by atoms with Gasteiger partial charge in [-0.3, -0.25) is 14.4 Å². The first-order valence-corrected chi connectivity index (χ1v) is 17.1. The van der Waals surface area contributed by atoms with Crippen molar-refractivity contribution in [3.8, 4) is 11.8 Å². The fourth-order valence-corrected chi connectivity index (χ4v) is 7.29. The van der Waals surface area contributed by atoms with Gasteiger partial charge in [-0.05, 0) is 88.7 Å². The Hall–Kier alpha value is -3.62. The van der Waals surface area contributed by atoms with Crippen molar-refractivity contribution < 1.29 is 33.8 Å². The van der Waals surface area contributed by atoms with E-state index in [0.717, 1.165) is 0 Å². The Labute approximate surface area is 285 Å². The summed E-state index contributed by atoms with van der Waals surface area (Å²) in [5.41, 5.74) is 5.19. The molecule has 0 radical (unpaired) electrons. The van der Waals surface area contributed by atoms with Crippen LogP contribution in [-0.4, -0.2) is 69.7 Å². The number of fused-ring (bicyclic) bond motifs is 5. The third kappa shape index (κ3) is 9.50. The van der Waals surface area contributed by atoms with Crippen LogP contribution in [0.2, 0.25) is 0 Å². The Balaban J connectivity index is 2.11. The molecule has 1 aromatic rings. The quantitative estimate of drug-likeness (QED) is 0.146. The number of rotatable bonds is 3. The topological polar surface area (TPSA) is 163 Å². The number of anilines is 1. The number of nitrogen functional groups attached to an aromatic ring is 1. The van der Waals surface area contributed by atoms with Crippen LogP contribution in [0.15, 0.2) is 28.3 Å². The van der Waals surface area contributed by atoms with Crippen LogP contribution in [0.1, 0.15) is 100 Å². The largest absolute Gasteiger partial charge is 0.459 e. The minimum atomic E-state index is -1.50. The van der Waals surface area contributed by atoms with Crippen LogP contribution in [0.4, 0.5) is 5.82 Å². The molecule has 0 saturated carbocycles. The number of aliphatic hydroxyl groups is 1. The van der Waals surface area contributed by atoms with Crippen molar-refractivity contribution in [2.45, 2.75) is 112 Å². The molecule has 2 fully saturated rings. The van der Waals surface area contributed by atoms with Crippen LogP contribution in [0.3, 0.4) is 0 Å². The summed E-state index contributed by atoms with van der Waals surface area (Å²) in [6.07, 6.45) is 1.47. The highest BCUT2D eigenvalue weighted by atomic mass is 16.6. The number of carbonyl (C=O) groups is 3. The number of oxime groups is 1. The lowest BCUT2D eigenvalue weighted by Crippen LogP contribution is -2.54. The van der Waals surface area contributed by atoms with Gasteiger partial charge in [-0.25, -0.2) is 9.98 Å². The predicted octanol–water partition coefficient (Wildman–Crippen LogP) is 5.18. The highest BCUT2D eigenvalue weighted by Crippen LogP contribution is 2.42. The third-order valence-electron chi connectivity index (χ3n) is 10.4. The van der Waals surface area contributed by atoms with E-state index in [4.69, 9.17) is 20.0 Å². The summed E-state index contributed by atoms with van der Waals surface area (Å²) >= 11 is 0. The Kier molecular flexibility index (Phi) is 13.5. The summed E-state index contributed by atoms with van der Waals surface area (Å²) in [6, 6.07) is 5.22. The maximum Gasteiger partial charge on any atom is 0.316 e. The number of aliphatic imine (C=N–C) groups is 1. The predicted molar refractivity (Wildman–Crippen MR) is 185 cm³/mol. The summed E-state index contributed by atoms with van der Waals surface area (Å²) < 4.78 is 12.6. The van der Waals surface area contributed by atoms with E-state index in [9.17, 15) is 19.5 Å². The molecule has 2 bridgehead atoms. The van der Waals surface area contributed by atoms with Gasteiger partial charge in [0.15, 0.2) is 6.61 Å². The lowest BCUT2D eigenvalue weighted by Gasteiger charge is -2.45. The van der Waals surface area contributed by atoms with Gasteiger partial charge in [0.2, 0.25) is 5.91 Å². The van der Waals surface area contributed by atoms with E-state index in [2.05, 4.69) is 27.0 Å². The van der Waals surface area contributed by atoms with E-state index in [1.54, 1.807) is 39.0 Å². The van der Waals surface area contributed by atoms with E-state index in [1.807, 2.05) is 34.6 Å². The molecule has 0 aromatic carbocycles. The van der Waals surface area contributed by atoms with Gasteiger partial charge in [-0.2, -0.15) is 0 Å². The summed E-state index contributed by atoms with van der Waals surface area (Å²) in [6.45, 7) is 16.4. The number of nitrogens with zero attached hydrogens (tertiary/aromatic N) is 3. The van der Waals surface area contributed by atoms with Crippen molar-refractivity contribution in [3.63, 3.8) is 0 Å². The first-order chi connectivity index (χ1) is 22.5. The summed E-state index contributed by atoms with van der Waals surface area (Å²) in [4.78, 5) is 54.0. The zero-order chi connectivity index (χ0) is 35.8. The first kappa shape index (κ1) is 38.8. The SMILES string of the molecule is CC[C@H]1OC(=O)[C@H](C)C(=O)[C@H](C)[C@@H](C)[C@@]2(C)C[C@@H](C)/C(=N\C(C)=O)[C@H](C)[C@@H](CCC/C(=N\OCC#Cc3cccc(N)n3)CO2)[C@]1(C)O. The molecule has 48 heavy (non-hydrogen) atoms. The van der Waals surface area contributed by atoms with Gasteiger partial charge >= 0.3 is 5.97 Å². The Morgan fingerprint density at radius 2 is 1.88 bits per heavy atom. The van der Waals surface area contributed by atoms with Gasteiger partial charge in [0.25, 0.3) is 0 Å². The fraction of sp³-hybridized carbons (Fsp3) is 0.676. The number of Topliss-reactive ketones (excluding diaryl/α,β-unsaturated/α-hetero) is 1. The number of ether oxygens (including phenoxy) is 2. The average molecular weight is 667 g/mol. The van der Waals surface area contributed by atoms with Crippen molar-refractivity contribution in [2.75, 3.05) is 18.9 Å². The van der Waals surface area contributed by atoms with E-state index < -0.39 is 41.0 Å². The number of aromatic nitrogens is 1. The van der Waals surface area contributed by atoms with Gasteiger partial charge in [-0.15, -0.1) is 0 Å². The molecule has 2 aliphatic rings. The zero-order valence-corrected chi connectivity index (χ0v) is 30.0. The molecule has 1 amide bonds. The maximum absolute atomic E-state index is 13.8. The van der Waals surface area contributed by atoms with Gasteiger partial charge < -0.3 is 25.2 Å². The number of amides is 1. The smallest absolute Gasteiger partial charge is 0.316 e. The molecule has 1 aromatic heterocycles. The maximum atomic E-state index is 13.8. The van der Waals surface area contributed by atoms with Crippen LogP contribution in [-0.2, 0) is 28.7 Å². The van der Waals surface area contributed by atoms with E-state index in [-0.39, 0.29) is 42.7 Å². The lowest BCUT2D eigenvalue weighted by atomic mass is 9.67. The molecule has 11 heteroatoms. The monoisotopic (exact) mass is 666 g/mol. The van der Waals surface area contributed by atoms with Crippen LogP contribution in [0, 0.1) is 47.3 Å². The van der Waals surface area contributed by atoms with E-state index in [0.29, 0.717) is 55.0 Å². The number of ketones is 1. The first-order valence-electron chi connectivity index (χ1n) is 17.1. The van der Waals surface area contributed by atoms with Gasteiger partial charge in [0.05, 0.1) is 17.9 Å². The summed E-state index contributed by atoms with van der Waals surface area (Å²) in [7, 11) is 0. The Morgan fingerprint density at radius 3 is 2.52 bits per heavy atom. The number of hydrogen-bond donors (Lipinski definition) is 2. The second-order valence-corrected chi connectivity index (χ2v) is 14.0. The number of cyclic esters (lactones) is 1. The molecule has 0 spiro atoms. The van der Waals surface area contributed by atoms with Crippen LogP contribution in [0.25, 0.3) is 0 Å². The molecule has 3 N–H and O–H groups in total. The molecule has 2 saturated heterocycles. The van der Waals surface area contributed by atoms with Crippen molar-refractivity contribution in [1.29, 1.82) is 0 Å². The van der Waals surface area contributed by atoms with Crippen molar-refractivity contribution in [1.82, 2.24) is 4.98 Å². The number of pyridine rings is 1. The van der Waals surface area contributed by atoms with Crippen molar-refractivity contribution in [3.05, 3.63) is 23.9 Å². The third-order valence-corrected chi connectivity index (χ3v) is 10.4. The van der Waals surface area contributed by atoms with Gasteiger partial charge in [0.1, 0.15) is 34.9 Å². The highest BCUT2D eigenvalue weighted by Gasteiger charge is 2.49. The fourth-order valence-electron chi connectivity index (χ4n) is 7.29. The summed E-state index contributed by atoms with van der Waals surface area (Å²) in [5.74, 6) is 1.96. The minimum absolute atomic E-state index is 0.0247. The second-order valence-electron chi connectivity index (χ2n) is 14.0. The lowest BCUT2D eigenvalue weighted by molar-refractivity contribution is -0.179. The molecule has 11 nitrogen and oxygen atoms in total. The highest BCUT2D eigenvalue weighted by molar-refractivity contribution is 6.00. The molecule has 9 atom stereocenters. The molecular formula is C37H54N4O7. The van der Waals surface area contributed by atoms with Gasteiger partial charge in [0, 0.05) is 24.5 Å². The number of esters is 1. The molecule has 264 valence electrons. The van der Waals surface area contributed by atoms with E-state index in [1.165, 1.54) is 6.92 Å². The van der Waals surface area contributed by atoms with E-state index >= 15 is 0 Å². The van der Waals surface area contributed by atoms with Crippen LogP contribution < -0.4 is 5.73 Å². The van der Waals surface area contributed by atoms with Crippen molar-refractivity contribution in [2.24, 2.45) is 45.7 Å². The van der Waals surface area contributed by atoms with Gasteiger partial charge in [-0.1, -0.05) is 51.8 Å². The molecule has 0 unspecified atom stereocenters. The standard InChI is InChI=1S/C37H54N4O7/c1-10-31-37(9,45)30-17-11-15-29(41-47-19-13-16-28-14-12-18-32(38)40-28)21-46-36(8,20-22(2)33(24(30)4)39-27(7)42)26(6)23(3)34(43)25(5)35(44)48-31/h12,14,18,22-26,30-31,45H,10-11,15,17,19-21H2,1-9H3,(H2,38,40)/b39-33+,41-29+/t22-,23-,24-,25-,26-,30-,31-,36-,37+/m1/s1. The Morgan fingerprint density at radius 1 is 1.17 bits per heavy atom. The average Bonchev–Trinajstić information content (AvgIpc) is 3.03. The number of nitrogens with two attached hydrogens (primary N) is 1.